The van der Waals surface area contributed by atoms with E-state index in [0.29, 0.717) is 36.5 Å². The lowest BCUT2D eigenvalue weighted by atomic mass is 10.0. The maximum Gasteiger partial charge on any atom is 0.288 e. The lowest BCUT2D eigenvalue weighted by Gasteiger charge is -2.17. The number of H-pyrrole nitrogens is 1. The van der Waals surface area contributed by atoms with Gasteiger partial charge in [-0.3, -0.25) is 14.7 Å². The minimum Gasteiger partial charge on any atom is -0.491 e. The number of amides is 2. The summed E-state index contributed by atoms with van der Waals surface area (Å²) in [5.41, 5.74) is 7.56. The van der Waals surface area contributed by atoms with Crippen LogP contribution in [0.4, 0.5) is 5.69 Å². The first kappa shape index (κ1) is 23.4. The molecule has 180 valence electrons. The third-order valence-electron chi connectivity index (χ3n) is 6.08. The first-order valence-electron chi connectivity index (χ1n) is 11.4. The second-order valence-corrected chi connectivity index (χ2v) is 8.64. The van der Waals surface area contributed by atoms with Crippen molar-refractivity contribution in [1.29, 1.82) is 0 Å². The fourth-order valence-corrected chi connectivity index (χ4v) is 4.22. The predicted octanol–water partition coefficient (Wildman–Crippen LogP) is 2.74. The van der Waals surface area contributed by atoms with Crippen molar-refractivity contribution in [2.24, 2.45) is 11.7 Å². The number of rotatable bonds is 4. The maximum atomic E-state index is 11.9. The zero-order valence-electron chi connectivity index (χ0n) is 19.6. The van der Waals surface area contributed by atoms with Crippen molar-refractivity contribution < 1.29 is 18.7 Å². The summed E-state index contributed by atoms with van der Waals surface area (Å²) in [6.45, 7) is 4.09. The summed E-state index contributed by atoms with van der Waals surface area (Å²) in [5, 5.41) is 14.4. The summed E-state index contributed by atoms with van der Waals surface area (Å²) in [5.74, 6) is 2.70. The molecule has 34 heavy (non-hydrogen) atoms. The van der Waals surface area contributed by atoms with E-state index >= 15 is 0 Å². The van der Waals surface area contributed by atoms with Gasteiger partial charge < -0.3 is 19.8 Å². The zero-order valence-corrected chi connectivity index (χ0v) is 19.6. The number of nitrogens with one attached hydrogen (secondary N) is 1. The molecule has 11 nitrogen and oxygen atoms in total. The lowest BCUT2D eigenvalue weighted by molar-refractivity contribution is -0.118. The molecule has 3 N–H and O–H groups in total. The molecule has 11 heteroatoms. The number of primary amides is 1. The van der Waals surface area contributed by atoms with Crippen LogP contribution in [0.5, 0.6) is 5.75 Å². The van der Waals surface area contributed by atoms with Gasteiger partial charge in [0.15, 0.2) is 0 Å². The van der Waals surface area contributed by atoms with Gasteiger partial charge in [0, 0.05) is 26.0 Å². The van der Waals surface area contributed by atoms with Gasteiger partial charge in [0.05, 0.1) is 18.7 Å². The second-order valence-electron chi connectivity index (χ2n) is 8.64. The number of hydrogen-bond acceptors (Lipinski definition) is 8. The third kappa shape index (κ3) is 5.24. The molecule has 1 saturated carbocycles. The van der Waals surface area contributed by atoms with Crippen LogP contribution in [-0.4, -0.2) is 50.8 Å². The number of fused-ring (bicyclic) bond motifs is 1. The Morgan fingerprint density at radius 2 is 2.00 bits per heavy atom. The molecule has 5 rings (SSSR count). The van der Waals surface area contributed by atoms with Gasteiger partial charge in [-0.05, 0) is 30.5 Å². The van der Waals surface area contributed by atoms with Crippen LogP contribution in [-0.2, 0) is 11.2 Å². The van der Waals surface area contributed by atoms with Crippen molar-refractivity contribution >= 4 is 17.5 Å². The SMILES string of the molecule is Cc1nnc(-c2cc3c(cc2C)OCCC(=O)N3C)o1.NC(=O)c1n[nH]c(CC2CCCC2)n1. The average Bonchev–Trinajstić information content (AvgIpc) is 3.55. The Morgan fingerprint density at radius 1 is 1.24 bits per heavy atom. The van der Waals surface area contributed by atoms with Crippen LogP contribution >= 0.6 is 0 Å². The summed E-state index contributed by atoms with van der Waals surface area (Å²) in [4.78, 5) is 28.3. The van der Waals surface area contributed by atoms with Gasteiger partial charge in [-0.15, -0.1) is 15.3 Å². The highest BCUT2D eigenvalue weighted by Gasteiger charge is 2.23. The highest BCUT2D eigenvalue weighted by Crippen LogP contribution is 2.37. The quantitative estimate of drug-likeness (QED) is 0.594. The standard InChI is InChI=1S/C14H15N3O3.C9H14N4O/c1-8-6-12-11(17(3)13(18)4-5-19-12)7-10(8)14-16-15-9(2)20-14;10-8(14)9-11-7(12-13-9)5-6-3-1-2-4-6/h6-7H,4-5H2,1-3H3;6H,1-5H2,(H2,10,14)(H,11,12,13). The van der Waals surface area contributed by atoms with Crippen molar-refractivity contribution in [3.8, 4) is 17.2 Å². The number of aromatic amines is 1. The molecule has 2 aromatic heterocycles. The molecule has 0 atom stereocenters. The first-order chi connectivity index (χ1) is 16.3. The molecule has 0 spiro atoms. The number of nitrogens with zero attached hydrogens (tertiary/aromatic N) is 5. The normalized spacial score (nSPS) is 15.9. The van der Waals surface area contributed by atoms with E-state index < -0.39 is 5.91 Å². The first-order valence-corrected chi connectivity index (χ1v) is 11.4. The average molecular weight is 468 g/mol. The Kier molecular flexibility index (Phi) is 6.90. The Hall–Kier alpha value is -3.76. The van der Waals surface area contributed by atoms with Gasteiger partial charge >= 0.3 is 0 Å². The van der Waals surface area contributed by atoms with E-state index in [0.717, 1.165) is 29.1 Å². The Labute approximate surface area is 197 Å². The molecule has 1 aliphatic carbocycles. The number of aromatic nitrogens is 5. The van der Waals surface area contributed by atoms with Crippen LogP contribution in [0.25, 0.3) is 11.5 Å². The predicted molar refractivity (Wildman–Crippen MR) is 123 cm³/mol. The molecule has 0 saturated heterocycles. The second kappa shape index (κ2) is 10.0. The number of ether oxygens (including phenoxy) is 1. The van der Waals surface area contributed by atoms with Crippen molar-refractivity contribution in [1.82, 2.24) is 25.4 Å². The topological polar surface area (TPSA) is 153 Å². The van der Waals surface area contributed by atoms with Crippen LogP contribution in [0.1, 0.15) is 60.0 Å². The fraction of sp³-hybridized carbons (Fsp3) is 0.478. The molecule has 0 radical (unpaired) electrons. The van der Waals surface area contributed by atoms with E-state index in [1.807, 2.05) is 19.1 Å². The van der Waals surface area contributed by atoms with Crippen molar-refractivity contribution in [3.63, 3.8) is 0 Å². The van der Waals surface area contributed by atoms with E-state index in [2.05, 4.69) is 25.4 Å². The Bertz CT molecular complexity index is 1180. The molecule has 0 unspecified atom stereocenters. The minimum atomic E-state index is -0.570. The summed E-state index contributed by atoms with van der Waals surface area (Å²) < 4.78 is 11.1. The maximum absolute atomic E-state index is 11.9. The van der Waals surface area contributed by atoms with Crippen LogP contribution < -0.4 is 15.4 Å². The summed E-state index contributed by atoms with van der Waals surface area (Å²) >= 11 is 0. The van der Waals surface area contributed by atoms with Gasteiger partial charge in [-0.25, -0.2) is 4.98 Å². The van der Waals surface area contributed by atoms with Crippen molar-refractivity contribution in [2.75, 3.05) is 18.6 Å². The third-order valence-corrected chi connectivity index (χ3v) is 6.08. The van der Waals surface area contributed by atoms with E-state index in [1.54, 1.807) is 18.9 Å². The largest absolute Gasteiger partial charge is 0.491 e. The van der Waals surface area contributed by atoms with Gasteiger partial charge in [0.1, 0.15) is 11.6 Å². The zero-order chi connectivity index (χ0) is 24.2. The number of anilines is 1. The van der Waals surface area contributed by atoms with Crippen molar-refractivity contribution in [2.45, 2.75) is 52.4 Å². The number of hydrogen-bond donors (Lipinski definition) is 2. The molecule has 1 aliphatic heterocycles. The molecule has 1 fully saturated rings. The monoisotopic (exact) mass is 467 g/mol. The molecule has 1 aromatic carbocycles. The minimum absolute atomic E-state index is 0.0280. The molecule has 0 bridgehead atoms. The molecular formula is C23H29N7O4. The Morgan fingerprint density at radius 3 is 2.65 bits per heavy atom. The Balaban J connectivity index is 0.000000172. The molecule has 2 amide bonds. The van der Waals surface area contributed by atoms with E-state index in [1.165, 1.54) is 25.7 Å². The van der Waals surface area contributed by atoms with Crippen molar-refractivity contribution in [3.05, 3.63) is 35.2 Å². The highest BCUT2D eigenvalue weighted by atomic mass is 16.5. The highest BCUT2D eigenvalue weighted by molar-refractivity contribution is 5.96. The number of benzene rings is 1. The molecular weight excluding hydrogens is 438 g/mol. The van der Waals surface area contributed by atoms with E-state index in [4.69, 9.17) is 14.9 Å². The van der Waals surface area contributed by atoms with Gasteiger partial charge in [0.2, 0.25) is 23.5 Å². The van der Waals surface area contributed by atoms with Crippen LogP contribution in [0.2, 0.25) is 0 Å². The van der Waals surface area contributed by atoms with Crippen LogP contribution in [0, 0.1) is 19.8 Å². The summed E-state index contributed by atoms with van der Waals surface area (Å²) in [6, 6.07) is 3.76. The number of nitrogens with two attached hydrogens (primary N) is 1. The molecule has 2 aliphatic rings. The molecule has 3 aromatic rings. The summed E-state index contributed by atoms with van der Waals surface area (Å²) in [6.07, 6.45) is 6.39. The smallest absolute Gasteiger partial charge is 0.288 e. The summed E-state index contributed by atoms with van der Waals surface area (Å²) in [7, 11) is 1.74. The fourth-order valence-electron chi connectivity index (χ4n) is 4.22. The lowest BCUT2D eigenvalue weighted by Crippen LogP contribution is -2.25. The van der Waals surface area contributed by atoms with Crippen LogP contribution in [0.3, 0.4) is 0 Å². The van der Waals surface area contributed by atoms with Gasteiger partial charge in [0.25, 0.3) is 5.91 Å². The molecule has 3 heterocycles. The number of aryl methyl sites for hydroxylation is 2. The number of carbonyl (C=O) groups is 2. The van der Waals surface area contributed by atoms with Gasteiger partial charge in [-0.1, -0.05) is 25.7 Å². The van der Waals surface area contributed by atoms with Crippen LogP contribution in [0.15, 0.2) is 16.5 Å². The van der Waals surface area contributed by atoms with E-state index in [9.17, 15) is 9.59 Å². The number of carbonyl (C=O) groups excluding carboxylic acids is 2. The van der Waals surface area contributed by atoms with E-state index in [-0.39, 0.29) is 11.7 Å². The van der Waals surface area contributed by atoms with Gasteiger partial charge in [-0.2, -0.15) is 0 Å².